The zero-order valence-electron chi connectivity index (χ0n) is 18.3. The third-order valence-corrected chi connectivity index (χ3v) is 6.53. The number of hydrogen-bond donors (Lipinski definition) is 1. The maximum absolute atomic E-state index is 13.0. The first-order valence-corrected chi connectivity index (χ1v) is 10.8. The highest BCUT2D eigenvalue weighted by molar-refractivity contribution is 6.07. The second-order valence-corrected chi connectivity index (χ2v) is 8.47. The van der Waals surface area contributed by atoms with Gasteiger partial charge in [0, 0.05) is 50.2 Å². The molecule has 0 aromatic rings. The number of aliphatic imine (C=N–C) groups is 1. The van der Waals surface area contributed by atoms with Gasteiger partial charge in [-0.1, -0.05) is 13.0 Å². The van der Waals surface area contributed by atoms with E-state index in [2.05, 4.69) is 22.1 Å². The molecule has 2 heterocycles. The van der Waals surface area contributed by atoms with Crippen LogP contribution >= 0.6 is 0 Å². The average Bonchev–Trinajstić information content (AvgIpc) is 2.95. The largest absolute Gasteiger partial charge is 0.450 e. The van der Waals surface area contributed by atoms with E-state index < -0.39 is 23.7 Å². The van der Waals surface area contributed by atoms with Gasteiger partial charge in [0.2, 0.25) is 0 Å². The minimum absolute atomic E-state index is 0.0237. The molecule has 1 unspecified atom stereocenters. The summed E-state index contributed by atoms with van der Waals surface area (Å²) in [5.74, 6) is -2.23. The summed E-state index contributed by atoms with van der Waals surface area (Å²) < 4.78 is 44.7. The number of nitrogens with one attached hydrogen (secondary N) is 1. The Morgan fingerprint density at radius 1 is 1.32 bits per heavy atom. The predicted molar refractivity (Wildman–Crippen MR) is 111 cm³/mol. The lowest BCUT2D eigenvalue weighted by Crippen LogP contribution is -2.48. The van der Waals surface area contributed by atoms with Crippen LogP contribution in [0.3, 0.4) is 0 Å². The Bertz CT molecular complexity index is 822. The van der Waals surface area contributed by atoms with Crippen LogP contribution in [-0.4, -0.2) is 67.0 Å². The highest BCUT2D eigenvalue weighted by Crippen LogP contribution is 2.41. The van der Waals surface area contributed by atoms with Crippen LogP contribution in [-0.2, 0) is 14.3 Å². The van der Waals surface area contributed by atoms with Gasteiger partial charge in [-0.25, -0.2) is 4.79 Å². The van der Waals surface area contributed by atoms with E-state index in [-0.39, 0.29) is 31.8 Å². The molecule has 1 saturated heterocycles. The second-order valence-electron chi connectivity index (χ2n) is 8.47. The van der Waals surface area contributed by atoms with Crippen molar-refractivity contribution in [2.45, 2.75) is 58.2 Å². The van der Waals surface area contributed by atoms with Crippen LogP contribution < -0.4 is 5.32 Å². The zero-order chi connectivity index (χ0) is 22.8. The fourth-order valence-electron chi connectivity index (χ4n) is 4.51. The molecule has 3 rings (SSSR count). The normalized spacial score (nSPS) is 25.7. The summed E-state index contributed by atoms with van der Waals surface area (Å²) in [5.41, 5.74) is 1.01. The smallest absolute Gasteiger partial charge is 0.392 e. The van der Waals surface area contributed by atoms with Crippen molar-refractivity contribution >= 4 is 17.6 Å². The summed E-state index contributed by atoms with van der Waals surface area (Å²) in [4.78, 5) is 31.6. The van der Waals surface area contributed by atoms with Gasteiger partial charge in [0.15, 0.2) is 0 Å². The fourth-order valence-corrected chi connectivity index (χ4v) is 4.51. The molecule has 0 saturated carbocycles. The van der Waals surface area contributed by atoms with Crippen LogP contribution in [0.2, 0.25) is 0 Å². The molecular weight excluding hydrogens is 411 g/mol. The third kappa shape index (κ3) is 5.02. The van der Waals surface area contributed by atoms with Gasteiger partial charge in [-0.2, -0.15) is 13.2 Å². The molecule has 1 amide bonds. The molecular formula is C22H30F3N3O3. The number of rotatable bonds is 5. The Morgan fingerprint density at radius 2 is 2.00 bits per heavy atom. The maximum Gasteiger partial charge on any atom is 0.392 e. The summed E-state index contributed by atoms with van der Waals surface area (Å²) >= 11 is 0. The van der Waals surface area contributed by atoms with Crippen molar-refractivity contribution in [1.29, 1.82) is 0 Å². The minimum Gasteiger partial charge on any atom is -0.450 e. The van der Waals surface area contributed by atoms with Crippen molar-refractivity contribution < 1.29 is 27.5 Å². The van der Waals surface area contributed by atoms with E-state index in [1.165, 1.54) is 0 Å². The number of carbonyl (C=O) groups excluding carboxylic acids is 2. The van der Waals surface area contributed by atoms with Crippen LogP contribution in [0.15, 0.2) is 27.8 Å². The standard InChI is InChI=1S/C22H30F3N3O3/c1-4-28-11-7-21(8-12-28)18(15(3)20(30)31-21)19(29)27-10-9-26-17-13-16(22(23,24)25)6-5-14(17)2/h5,16H,4,6-13H2,1-3H3,(H,27,29). The molecule has 2 aliphatic heterocycles. The van der Waals surface area contributed by atoms with Gasteiger partial charge in [0.1, 0.15) is 5.60 Å². The SMILES string of the molecule is CCN1CCC2(CC1)OC(=O)C(C)=C2C(=O)NCCN=C1CC(C(F)(F)F)CC=C1C. The van der Waals surface area contributed by atoms with Crippen LogP contribution in [0.25, 0.3) is 0 Å². The molecule has 6 nitrogen and oxygen atoms in total. The van der Waals surface area contributed by atoms with Gasteiger partial charge < -0.3 is 15.0 Å². The van der Waals surface area contributed by atoms with Gasteiger partial charge in [-0.15, -0.1) is 0 Å². The van der Waals surface area contributed by atoms with Crippen LogP contribution in [0, 0.1) is 5.92 Å². The first kappa shape index (κ1) is 23.5. The van der Waals surface area contributed by atoms with E-state index in [0.29, 0.717) is 29.7 Å². The number of ether oxygens (including phenoxy) is 1. The number of amides is 1. The topological polar surface area (TPSA) is 71.0 Å². The summed E-state index contributed by atoms with van der Waals surface area (Å²) in [6.07, 6.45) is -1.70. The summed E-state index contributed by atoms with van der Waals surface area (Å²) in [6.45, 7) is 8.16. The van der Waals surface area contributed by atoms with Crippen molar-refractivity contribution in [3.63, 3.8) is 0 Å². The van der Waals surface area contributed by atoms with Crippen LogP contribution in [0.5, 0.6) is 0 Å². The van der Waals surface area contributed by atoms with E-state index in [4.69, 9.17) is 4.74 Å². The molecule has 9 heteroatoms. The Morgan fingerprint density at radius 3 is 2.61 bits per heavy atom. The Hall–Kier alpha value is -2.16. The van der Waals surface area contributed by atoms with E-state index in [1.807, 2.05) is 0 Å². The van der Waals surface area contributed by atoms with Gasteiger partial charge >= 0.3 is 12.1 Å². The van der Waals surface area contributed by atoms with Crippen LogP contribution in [0.1, 0.15) is 46.5 Å². The fraction of sp³-hybridized carbons (Fsp3) is 0.682. The summed E-state index contributed by atoms with van der Waals surface area (Å²) in [5, 5.41) is 2.78. The minimum atomic E-state index is -4.24. The number of alkyl halides is 3. The Labute approximate surface area is 180 Å². The number of carbonyl (C=O) groups is 2. The highest BCUT2D eigenvalue weighted by atomic mass is 19.4. The number of hydrogen-bond acceptors (Lipinski definition) is 5. The second kappa shape index (κ2) is 9.14. The molecule has 31 heavy (non-hydrogen) atoms. The van der Waals surface area contributed by atoms with Gasteiger partial charge in [0.05, 0.1) is 18.0 Å². The van der Waals surface area contributed by atoms with Crippen LogP contribution in [0.4, 0.5) is 13.2 Å². The van der Waals surface area contributed by atoms with E-state index in [0.717, 1.165) is 25.2 Å². The van der Waals surface area contributed by atoms with Gasteiger partial charge in [0.25, 0.3) is 5.91 Å². The molecule has 1 atom stereocenters. The number of allylic oxidation sites excluding steroid dienone is 2. The number of likely N-dealkylation sites (tertiary alicyclic amines) is 1. The lowest BCUT2D eigenvalue weighted by molar-refractivity contribution is -0.172. The number of nitrogens with zero attached hydrogens (tertiary/aromatic N) is 2. The average molecular weight is 441 g/mol. The van der Waals surface area contributed by atoms with Crippen molar-refractivity contribution in [2.75, 3.05) is 32.7 Å². The Kier molecular flexibility index (Phi) is 6.93. The molecule has 1 fully saturated rings. The number of halogens is 3. The molecule has 1 aliphatic carbocycles. The molecule has 0 radical (unpaired) electrons. The quantitative estimate of drug-likeness (QED) is 0.526. The summed E-state index contributed by atoms with van der Waals surface area (Å²) in [6, 6.07) is 0. The molecule has 1 N–H and O–H groups in total. The lowest BCUT2D eigenvalue weighted by atomic mass is 9.82. The third-order valence-electron chi connectivity index (χ3n) is 6.53. The lowest BCUT2D eigenvalue weighted by Gasteiger charge is -2.38. The number of piperidine rings is 1. The van der Waals surface area contributed by atoms with Crippen molar-refractivity contribution in [1.82, 2.24) is 10.2 Å². The molecule has 0 aromatic carbocycles. The molecule has 3 aliphatic rings. The predicted octanol–water partition coefficient (Wildman–Crippen LogP) is 3.19. The molecule has 1 spiro atoms. The van der Waals surface area contributed by atoms with E-state index in [9.17, 15) is 22.8 Å². The molecule has 0 aromatic heterocycles. The first-order valence-electron chi connectivity index (χ1n) is 10.8. The monoisotopic (exact) mass is 441 g/mol. The maximum atomic E-state index is 13.0. The first-order chi connectivity index (χ1) is 14.6. The Balaban J connectivity index is 1.61. The molecule has 172 valence electrons. The molecule has 0 bridgehead atoms. The zero-order valence-corrected chi connectivity index (χ0v) is 18.3. The van der Waals surface area contributed by atoms with E-state index >= 15 is 0 Å². The van der Waals surface area contributed by atoms with Crippen molar-refractivity contribution in [3.8, 4) is 0 Å². The van der Waals surface area contributed by atoms with Gasteiger partial charge in [-0.05, 0) is 32.4 Å². The number of esters is 1. The van der Waals surface area contributed by atoms with Gasteiger partial charge in [-0.3, -0.25) is 9.79 Å². The van der Waals surface area contributed by atoms with Crippen molar-refractivity contribution in [3.05, 3.63) is 22.8 Å². The highest BCUT2D eigenvalue weighted by Gasteiger charge is 2.50. The van der Waals surface area contributed by atoms with E-state index in [1.54, 1.807) is 19.9 Å². The van der Waals surface area contributed by atoms with Crippen molar-refractivity contribution in [2.24, 2.45) is 10.9 Å². The summed E-state index contributed by atoms with van der Waals surface area (Å²) in [7, 11) is 0.